The molecule has 0 amide bonds. The van der Waals surface area contributed by atoms with Gasteiger partial charge in [-0.05, 0) is 30.5 Å². The van der Waals surface area contributed by atoms with Crippen LogP contribution in [0.2, 0.25) is 0 Å². The molecular formula is C15H20F3NOS. The molecule has 0 aliphatic heterocycles. The van der Waals surface area contributed by atoms with E-state index in [1.54, 1.807) is 12.1 Å². The van der Waals surface area contributed by atoms with Crippen LogP contribution in [-0.2, 0) is 0 Å². The topological polar surface area (TPSA) is 35.2 Å². The fraction of sp³-hybridized carbons (Fsp3) is 0.600. The zero-order chi connectivity index (χ0) is 15.3. The normalized spacial score (nSPS) is 18.5. The number of ether oxygens (including phenoxy) is 1. The van der Waals surface area contributed by atoms with Crippen molar-refractivity contribution in [1.29, 1.82) is 0 Å². The summed E-state index contributed by atoms with van der Waals surface area (Å²) in [6, 6.07) is 5.68. The van der Waals surface area contributed by atoms with E-state index >= 15 is 0 Å². The highest BCUT2D eigenvalue weighted by Crippen LogP contribution is 2.31. The number of nitrogens with two attached hydrogens (primary N) is 1. The number of thioether (sulfide) groups is 1. The van der Waals surface area contributed by atoms with Crippen LogP contribution >= 0.6 is 11.8 Å². The molecule has 1 unspecified atom stereocenters. The first-order valence-electron chi connectivity index (χ1n) is 7.17. The number of hydrogen-bond donors (Lipinski definition) is 1. The Bertz CT molecular complexity index is 447. The molecule has 0 aromatic heterocycles. The van der Waals surface area contributed by atoms with E-state index in [9.17, 15) is 13.2 Å². The lowest BCUT2D eigenvalue weighted by atomic mass is 10.0. The number of halogens is 3. The van der Waals surface area contributed by atoms with Crippen LogP contribution in [-0.4, -0.2) is 17.4 Å². The Hall–Kier alpha value is -0.880. The summed E-state index contributed by atoms with van der Waals surface area (Å²) in [6.07, 6.45) is 1.60. The molecule has 2 nitrogen and oxygen atoms in total. The van der Waals surface area contributed by atoms with E-state index in [2.05, 4.69) is 4.74 Å². The molecule has 2 rings (SSSR count). The first-order valence-corrected chi connectivity index (χ1v) is 8.22. The second-order valence-electron chi connectivity index (χ2n) is 5.32. The molecule has 1 atom stereocenters. The van der Waals surface area contributed by atoms with Gasteiger partial charge < -0.3 is 10.5 Å². The van der Waals surface area contributed by atoms with Crippen molar-refractivity contribution in [3.63, 3.8) is 0 Å². The van der Waals surface area contributed by atoms with Gasteiger partial charge in [-0.1, -0.05) is 31.4 Å². The Kier molecular flexibility index (Phi) is 5.81. The second-order valence-corrected chi connectivity index (χ2v) is 6.65. The lowest BCUT2D eigenvalue weighted by molar-refractivity contribution is -0.274. The highest BCUT2D eigenvalue weighted by molar-refractivity contribution is 7.99. The van der Waals surface area contributed by atoms with E-state index in [1.807, 2.05) is 11.8 Å². The van der Waals surface area contributed by atoms with Gasteiger partial charge in [0.15, 0.2) is 0 Å². The van der Waals surface area contributed by atoms with E-state index in [1.165, 1.54) is 44.2 Å². The van der Waals surface area contributed by atoms with Crippen molar-refractivity contribution >= 4 is 11.8 Å². The number of benzene rings is 1. The van der Waals surface area contributed by atoms with E-state index in [-0.39, 0.29) is 11.8 Å². The summed E-state index contributed by atoms with van der Waals surface area (Å²) in [5, 5.41) is 0.638. The molecule has 0 saturated heterocycles. The highest BCUT2D eigenvalue weighted by atomic mass is 32.2. The number of rotatable bonds is 5. The zero-order valence-corrected chi connectivity index (χ0v) is 12.6. The summed E-state index contributed by atoms with van der Waals surface area (Å²) in [4.78, 5) is 0. The van der Waals surface area contributed by atoms with Gasteiger partial charge in [0.2, 0.25) is 0 Å². The average molecular weight is 319 g/mol. The molecule has 118 valence electrons. The Morgan fingerprint density at radius 3 is 2.62 bits per heavy atom. The second kappa shape index (κ2) is 7.40. The van der Waals surface area contributed by atoms with Crippen LogP contribution in [0.4, 0.5) is 13.2 Å². The molecule has 6 heteroatoms. The first-order chi connectivity index (χ1) is 9.94. The Morgan fingerprint density at radius 1 is 1.24 bits per heavy atom. The van der Waals surface area contributed by atoms with Crippen LogP contribution < -0.4 is 10.5 Å². The van der Waals surface area contributed by atoms with Gasteiger partial charge in [-0.25, -0.2) is 0 Å². The highest BCUT2D eigenvalue weighted by Gasteiger charge is 2.31. The summed E-state index contributed by atoms with van der Waals surface area (Å²) >= 11 is 1.83. The van der Waals surface area contributed by atoms with E-state index in [0.29, 0.717) is 10.8 Å². The van der Waals surface area contributed by atoms with Gasteiger partial charge in [0.25, 0.3) is 0 Å². The number of hydrogen-bond acceptors (Lipinski definition) is 3. The van der Waals surface area contributed by atoms with Crippen LogP contribution in [0, 0.1) is 0 Å². The molecule has 21 heavy (non-hydrogen) atoms. The Balaban J connectivity index is 1.89. The molecule has 1 aliphatic carbocycles. The lowest BCUT2D eigenvalue weighted by Gasteiger charge is -2.23. The zero-order valence-electron chi connectivity index (χ0n) is 11.7. The van der Waals surface area contributed by atoms with E-state index in [0.717, 1.165) is 5.75 Å². The molecule has 1 fully saturated rings. The van der Waals surface area contributed by atoms with Crippen LogP contribution in [0.25, 0.3) is 0 Å². The Morgan fingerprint density at radius 2 is 1.95 bits per heavy atom. The average Bonchev–Trinajstić information content (AvgIpc) is 2.44. The van der Waals surface area contributed by atoms with Crippen LogP contribution in [0.15, 0.2) is 24.3 Å². The van der Waals surface area contributed by atoms with Crippen molar-refractivity contribution in [3.8, 4) is 5.75 Å². The molecule has 1 aromatic rings. The van der Waals surface area contributed by atoms with Gasteiger partial charge in [-0.2, -0.15) is 11.8 Å². The molecule has 0 radical (unpaired) electrons. The minimum atomic E-state index is -4.67. The smallest absolute Gasteiger partial charge is 0.406 e. The third-order valence-electron chi connectivity index (χ3n) is 3.58. The first kappa shape index (κ1) is 16.5. The van der Waals surface area contributed by atoms with Crippen molar-refractivity contribution in [2.75, 3.05) is 5.75 Å². The maximum absolute atomic E-state index is 12.2. The van der Waals surface area contributed by atoms with Gasteiger partial charge in [-0.3, -0.25) is 0 Å². The summed E-state index contributed by atoms with van der Waals surface area (Å²) < 4.78 is 40.5. The lowest BCUT2D eigenvalue weighted by Crippen LogP contribution is -2.19. The fourth-order valence-electron chi connectivity index (χ4n) is 2.51. The standard InChI is InChI=1S/C15H20F3NOS/c16-15(17,18)20-12-6-4-5-11(9-12)14(19)10-21-13-7-2-1-3-8-13/h4-6,9,13-14H,1-3,7-8,10,19H2. The third kappa shape index (κ3) is 5.79. The molecule has 2 N–H and O–H groups in total. The maximum atomic E-state index is 12.2. The van der Waals surface area contributed by atoms with Crippen LogP contribution in [0.3, 0.4) is 0 Å². The van der Waals surface area contributed by atoms with Crippen molar-refractivity contribution < 1.29 is 17.9 Å². The van der Waals surface area contributed by atoms with Gasteiger partial charge in [0.05, 0.1) is 0 Å². The third-order valence-corrected chi connectivity index (χ3v) is 5.08. The van der Waals surface area contributed by atoms with Crippen molar-refractivity contribution in [2.45, 2.75) is 49.8 Å². The molecule has 1 aliphatic rings. The molecule has 1 aromatic carbocycles. The van der Waals surface area contributed by atoms with Crippen molar-refractivity contribution in [2.24, 2.45) is 5.73 Å². The summed E-state index contributed by atoms with van der Waals surface area (Å²) in [7, 11) is 0. The van der Waals surface area contributed by atoms with Gasteiger partial charge in [0.1, 0.15) is 5.75 Å². The molecule has 0 heterocycles. The molecule has 0 bridgehead atoms. The summed E-state index contributed by atoms with van der Waals surface area (Å²) in [5.41, 5.74) is 6.77. The number of alkyl halides is 3. The maximum Gasteiger partial charge on any atom is 0.573 e. The fourth-order valence-corrected chi connectivity index (χ4v) is 3.85. The van der Waals surface area contributed by atoms with Gasteiger partial charge in [-0.15, -0.1) is 13.2 Å². The van der Waals surface area contributed by atoms with Crippen LogP contribution in [0.5, 0.6) is 5.75 Å². The summed E-state index contributed by atoms with van der Waals surface area (Å²) in [5.74, 6) is 0.512. The largest absolute Gasteiger partial charge is 0.573 e. The van der Waals surface area contributed by atoms with Gasteiger partial charge >= 0.3 is 6.36 Å². The van der Waals surface area contributed by atoms with E-state index < -0.39 is 6.36 Å². The monoisotopic (exact) mass is 319 g/mol. The molecule has 1 saturated carbocycles. The Labute approximate surface area is 127 Å². The minimum absolute atomic E-state index is 0.210. The SMILES string of the molecule is NC(CSC1CCCCC1)c1cccc(OC(F)(F)F)c1. The van der Waals surface area contributed by atoms with Gasteiger partial charge in [0, 0.05) is 17.0 Å². The van der Waals surface area contributed by atoms with Crippen LogP contribution in [0.1, 0.15) is 43.7 Å². The predicted octanol–water partition coefficient (Wildman–Crippen LogP) is 4.65. The summed E-state index contributed by atoms with van der Waals surface area (Å²) in [6.45, 7) is 0. The molecular weight excluding hydrogens is 299 g/mol. The van der Waals surface area contributed by atoms with E-state index in [4.69, 9.17) is 5.73 Å². The van der Waals surface area contributed by atoms with Crippen molar-refractivity contribution in [1.82, 2.24) is 0 Å². The predicted molar refractivity (Wildman–Crippen MR) is 79.4 cm³/mol. The molecule has 0 spiro atoms. The van der Waals surface area contributed by atoms with Crippen molar-refractivity contribution in [3.05, 3.63) is 29.8 Å². The minimum Gasteiger partial charge on any atom is -0.406 e. The quantitative estimate of drug-likeness (QED) is 0.858.